The van der Waals surface area contributed by atoms with Gasteiger partial charge in [0.2, 0.25) is 0 Å². The maximum absolute atomic E-state index is 11.6. The summed E-state index contributed by atoms with van der Waals surface area (Å²) >= 11 is 0. The quantitative estimate of drug-likeness (QED) is 0.825. The van der Waals surface area contributed by atoms with Crippen molar-refractivity contribution in [1.82, 2.24) is 19.8 Å². The van der Waals surface area contributed by atoms with Crippen molar-refractivity contribution in [3.8, 4) is 0 Å². The molecule has 0 radical (unpaired) electrons. The largest absolute Gasteiger partial charge is 0.399 e. The number of aryl methyl sites for hydroxylation is 1. The van der Waals surface area contributed by atoms with E-state index < -0.39 is 0 Å². The maximum Gasteiger partial charge on any atom is 0.316 e. The molecular formula is C15H23N5O. The van der Waals surface area contributed by atoms with Crippen LogP contribution >= 0.6 is 0 Å². The van der Waals surface area contributed by atoms with Gasteiger partial charge in [0.25, 0.3) is 0 Å². The van der Waals surface area contributed by atoms with Gasteiger partial charge in [0.1, 0.15) is 5.82 Å². The number of amides is 2. The summed E-state index contributed by atoms with van der Waals surface area (Å²) in [5, 5.41) is 2.88. The minimum absolute atomic E-state index is 0.0827. The summed E-state index contributed by atoms with van der Waals surface area (Å²) in [5.41, 5.74) is 8.51. The Hall–Kier alpha value is -2.24. The second-order valence-corrected chi connectivity index (χ2v) is 5.30. The molecule has 0 unspecified atom stereocenters. The zero-order chi connectivity index (χ0) is 15.4. The van der Waals surface area contributed by atoms with Crippen LogP contribution in [0.4, 0.5) is 10.5 Å². The number of hydrogen-bond acceptors (Lipinski definition) is 3. The maximum atomic E-state index is 11.6. The van der Waals surface area contributed by atoms with Crippen LogP contribution in [0.2, 0.25) is 0 Å². The average molecular weight is 289 g/mol. The molecule has 0 aliphatic rings. The highest BCUT2D eigenvalue weighted by Crippen LogP contribution is 2.19. The van der Waals surface area contributed by atoms with E-state index in [-0.39, 0.29) is 6.03 Å². The molecule has 0 fully saturated rings. The molecule has 2 aromatic rings. The molecular weight excluding hydrogens is 266 g/mol. The Morgan fingerprint density at radius 2 is 2.19 bits per heavy atom. The first-order valence-corrected chi connectivity index (χ1v) is 7.22. The lowest BCUT2D eigenvalue weighted by Crippen LogP contribution is -2.36. The van der Waals surface area contributed by atoms with E-state index in [0.717, 1.165) is 35.4 Å². The number of aromatic nitrogens is 2. The number of benzene rings is 1. The van der Waals surface area contributed by atoms with E-state index in [1.54, 1.807) is 14.1 Å². The highest BCUT2D eigenvalue weighted by Gasteiger charge is 2.11. The molecule has 0 saturated carbocycles. The molecule has 114 valence electrons. The van der Waals surface area contributed by atoms with E-state index in [0.29, 0.717) is 13.1 Å². The molecule has 0 bridgehead atoms. The van der Waals surface area contributed by atoms with Crippen LogP contribution in [-0.4, -0.2) is 41.1 Å². The molecule has 3 N–H and O–H groups in total. The third-order valence-corrected chi connectivity index (χ3v) is 3.34. The first-order valence-electron chi connectivity index (χ1n) is 7.22. The first-order chi connectivity index (χ1) is 10.0. The van der Waals surface area contributed by atoms with Crippen molar-refractivity contribution in [2.24, 2.45) is 0 Å². The molecule has 0 atom stereocenters. The minimum atomic E-state index is -0.0827. The molecule has 6 heteroatoms. The van der Waals surface area contributed by atoms with Crippen molar-refractivity contribution in [2.45, 2.75) is 26.3 Å². The van der Waals surface area contributed by atoms with Crippen LogP contribution in [0.5, 0.6) is 0 Å². The van der Waals surface area contributed by atoms with Gasteiger partial charge in [-0.25, -0.2) is 9.78 Å². The van der Waals surface area contributed by atoms with Crippen LogP contribution in [0, 0.1) is 0 Å². The van der Waals surface area contributed by atoms with Crippen molar-refractivity contribution in [2.75, 3.05) is 26.4 Å². The van der Waals surface area contributed by atoms with Gasteiger partial charge in [0.05, 0.1) is 11.0 Å². The number of fused-ring (bicyclic) bond motifs is 1. The molecule has 6 nitrogen and oxygen atoms in total. The Kier molecular flexibility index (Phi) is 4.67. The van der Waals surface area contributed by atoms with Crippen LogP contribution < -0.4 is 11.1 Å². The van der Waals surface area contributed by atoms with E-state index in [9.17, 15) is 4.79 Å². The fourth-order valence-corrected chi connectivity index (χ4v) is 2.29. The second kappa shape index (κ2) is 6.47. The first kappa shape index (κ1) is 15.2. The number of carbonyl (C=O) groups is 1. The summed E-state index contributed by atoms with van der Waals surface area (Å²) < 4.78 is 2.16. The van der Waals surface area contributed by atoms with E-state index in [2.05, 4.69) is 21.8 Å². The third kappa shape index (κ3) is 3.45. The van der Waals surface area contributed by atoms with Gasteiger partial charge >= 0.3 is 6.03 Å². The van der Waals surface area contributed by atoms with Gasteiger partial charge in [-0.15, -0.1) is 0 Å². The number of anilines is 1. The molecule has 1 aromatic heterocycles. The van der Waals surface area contributed by atoms with Crippen molar-refractivity contribution < 1.29 is 4.79 Å². The Morgan fingerprint density at radius 3 is 2.86 bits per heavy atom. The fourth-order valence-electron chi connectivity index (χ4n) is 2.29. The summed E-state index contributed by atoms with van der Waals surface area (Å²) in [6, 6.07) is 5.68. The highest BCUT2D eigenvalue weighted by atomic mass is 16.2. The number of urea groups is 1. The standard InChI is InChI=1S/C15H23N5O/c1-4-5-14-18-12-10-11(16)6-7-13(12)20(14)9-8-17-15(21)19(2)3/h6-7,10H,4-5,8-9,16H2,1-3H3,(H,17,21). The van der Waals surface area contributed by atoms with Crippen LogP contribution in [0.3, 0.4) is 0 Å². The van der Waals surface area contributed by atoms with Crippen LogP contribution in [0.25, 0.3) is 11.0 Å². The van der Waals surface area contributed by atoms with Gasteiger partial charge in [-0.2, -0.15) is 0 Å². The molecule has 0 aliphatic carbocycles. The van der Waals surface area contributed by atoms with Gasteiger partial charge in [-0.1, -0.05) is 6.92 Å². The highest BCUT2D eigenvalue weighted by molar-refractivity contribution is 5.79. The summed E-state index contributed by atoms with van der Waals surface area (Å²) in [4.78, 5) is 17.7. The minimum Gasteiger partial charge on any atom is -0.399 e. The SMILES string of the molecule is CCCc1nc2cc(N)ccc2n1CCNC(=O)N(C)C. The molecule has 0 spiro atoms. The number of imidazole rings is 1. The lowest BCUT2D eigenvalue weighted by atomic mass is 10.3. The summed E-state index contributed by atoms with van der Waals surface area (Å²) in [6.45, 7) is 3.41. The lowest BCUT2D eigenvalue weighted by Gasteiger charge is -2.13. The van der Waals surface area contributed by atoms with Crippen molar-refractivity contribution >= 4 is 22.8 Å². The monoisotopic (exact) mass is 289 g/mol. The van der Waals surface area contributed by atoms with E-state index in [1.807, 2.05) is 18.2 Å². The van der Waals surface area contributed by atoms with Crippen LogP contribution in [0.1, 0.15) is 19.2 Å². The molecule has 0 aliphatic heterocycles. The zero-order valence-electron chi connectivity index (χ0n) is 12.9. The predicted octanol–water partition coefficient (Wildman–Crippen LogP) is 1.84. The lowest BCUT2D eigenvalue weighted by molar-refractivity contribution is 0.217. The smallest absolute Gasteiger partial charge is 0.316 e. The molecule has 0 saturated heterocycles. The van der Waals surface area contributed by atoms with Crippen molar-refractivity contribution in [3.63, 3.8) is 0 Å². The summed E-state index contributed by atoms with van der Waals surface area (Å²) in [5.74, 6) is 1.04. The van der Waals surface area contributed by atoms with Gasteiger partial charge < -0.3 is 20.5 Å². The van der Waals surface area contributed by atoms with Crippen molar-refractivity contribution in [3.05, 3.63) is 24.0 Å². The fraction of sp³-hybridized carbons (Fsp3) is 0.467. The molecule has 1 heterocycles. The Bertz CT molecular complexity index is 632. The summed E-state index contributed by atoms with van der Waals surface area (Å²) in [6.07, 6.45) is 1.94. The topological polar surface area (TPSA) is 76.2 Å². The Morgan fingerprint density at radius 1 is 1.43 bits per heavy atom. The van der Waals surface area contributed by atoms with E-state index in [4.69, 9.17) is 5.73 Å². The number of hydrogen-bond donors (Lipinski definition) is 2. The number of nitrogens with two attached hydrogens (primary N) is 1. The Labute approximate surface area is 124 Å². The normalized spacial score (nSPS) is 10.8. The van der Waals surface area contributed by atoms with Crippen LogP contribution in [-0.2, 0) is 13.0 Å². The van der Waals surface area contributed by atoms with Crippen LogP contribution in [0.15, 0.2) is 18.2 Å². The predicted molar refractivity (Wildman–Crippen MR) is 85.2 cm³/mol. The number of carbonyl (C=O) groups excluding carboxylic acids is 1. The van der Waals surface area contributed by atoms with Gasteiger partial charge in [0.15, 0.2) is 0 Å². The summed E-state index contributed by atoms with van der Waals surface area (Å²) in [7, 11) is 3.46. The van der Waals surface area contributed by atoms with E-state index >= 15 is 0 Å². The van der Waals surface area contributed by atoms with Gasteiger partial charge in [-0.3, -0.25) is 0 Å². The van der Waals surface area contributed by atoms with Crippen molar-refractivity contribution in [1.29, 1.82) is 0 Å². The third-order valence-electron chi connectivity index (χ3n) is 3.34. The average Bonchev–Trinajstić information content (AvgIpc) is 2.76. The molecule has 2 rings (SSSR count). The van der Waals surface area contributed by atoms with Gasteiger partial charge in [0, 0.05) is 39.3 Å². The number of nitrogens with one attached hydrogen (secondary N) is 1. The molecule has 21 heavy (non-hydrogen) atoms. The number of nitrogens with zero attached hydrogens (tertiary/aromatic N) is 3. The zero-order valence-corrected chi connectivity index (χ0v) is 12.9. The molecule has 2 amide bonds. The van der Waals surface area contributed by atoms with E-state index in [1.165, 1.54) is 4.90 Å². The number of rotatable bonds is 5. The Balaban J connectivity index is 2.20. The second-order valence-electron chi connectivity index (χ2n) is 5.30. The van der Waals surface area contributed by atoms with Gasteiger partial charge in [-0.05, 0) is 24.6 Å². The molecule has 1 aromatic carbocycles. The number of nitrogen functional groups attached to an aromatic ring is 1.